The predicted molar refractivity (Wildman–Crippen MR) is 66.1 cm³/mol. The summed E-state index contributed by atoms with van der Waals surface area (Å²) in [4.78, 5) is 23.3. The van der Waals surface area contributed by atoms with Crippen molar-refractivity contribution >= 4 is 11.8 Å². The van der Waals surface area contributed by atoms with Gasteiger partial charge in [-0.1, -0.05) is 17.7 Å². The van der Waals surface area contributed by atoms with Crippen LogP contribution in [0.25, 0.3) is 0 Å². The number of hydrogen-bond donors (Lipinski definition) is 0. The van der Waals surface area contributed by atoms with E-state index in [-0.39, 0.29) is 18.3 Å². The first-order valence-electron chi connectivity index (χ1n) is 5.70. The van der Waals surface area contributed by atoms with Gasteiger partial charge in [-0.2, -0.15) is 0 Å². The summed E-state index contributed by atoms with van der Waals surface area (Å²) in [5.41, 5.74) is 2.50. The molecule has 0 aliphatic carbocycles. The highest BCUT2D eigenvalue weighted by Crippen LogP contribution is 2.13. The number of aryl methyl sites for hydroxylation is 2. The molecule has 0 aromatic heterocycles. The lowest BCUT2D eigenvalue weighted by molar-refractivity contribution is -0.146. The Morgan fingerprint density at radius 1 is 1.24 bits per heavy atom. The summed E-state index contributed by atoms with van der Waals surface area (Å²) in [6.45, 7) is 7.31. The van der Waals surface area contributed by atoms with Gasteiger partial charge in [-0.05, 0) is 39.3 Å². The van der Waals surface area contributed by atoms with E-state index in [0.29, 0.717) is 5.56 Å². The van der Waals surface area contributed by atoms with E-state index in [9.17, 15) is 9.59 Å². The maximum atomic E-state index is 11.9. The molecule has 92 valence electrons. The molecule has 1 aromatic carbocycles. The van der Waals surface area contributed by atoms with Crippen LogP contribution in [0.2, 0.25) is 0 Å². The van der Waals surface area contributed by atoms with Crippen LogP contribution in [0.4, 0.5) is 0 Å². The minimum absolute atomic E-state index is 0.183. The van der Waals surface area contributed by atoms with Crippen molar-refractivity contribution in [2.45, 2.75) is 40.2 Å². The fourth-order valence-corrected chi connectivity index (χ4v) is 1.57. The average Bonchev–Trinajstić information content (AvgIpc) is 2.20. The second kappa shape index (κ2) is 5.62. The molecule has 0 aliphatic heterocycles. The molecule has 3 nitrogen and oxygen atoms in total. The Hall–Kier alpha value is -1.64. The molecule has 0 aliphatic rings. The summed E-state index contributed by atoms with van der Waals surface area (Å²) in [5, 5.41) is 0. The summed E-state index contributed by atoms with van der Waals surface area (Å²) < 4.78 is 4.95. The van der Waals surface area contributed by atoms with Crippen LogP contribution in [0.1, 0.15) is 41.8 Å². The number of esters is 1. The quantitative estimate of drug-likeness (QED) is 0.457. The second-order valence-electron chi connectivity index (χ2n) is 4.46. The van der Waals surface area contributed by atoms with E-state index in [1.807, 2.05) is 26.0 Å². The second-order valence-corrected chi connectivity index (χ2v) is 4.46. The zero-order valence-corrected chi connectivity index (χ0v) is 10.7. The Labute approximate surface area is 102 Å². The monoisotopic (exact) mass is 234 g/mol. The van der Waals surface area contributed by atoms with Crippen LogP contribution in [0, 0.1) is 13.8 Å². The number of ether oxygens (including phenoxy) is 1. The van der Waals surface area contributed by atoms with Crippen LogP contribution < -0.4 is 0 Å². The third-order valence-corrected chi connectivity index (χ3v) is 2.37. The number of carbonyl (C=O) groups is 2. The van der Waals surface area contributed by atoms with Crippen molar-refractivity contribution in [1.29, 1.82) is 0 Å². The molecule has 0 unspecified atom stereocenters. The number of rotatable bonds is 4. The van der Waals surface area contributed by atoms with Gasteiger partial charge in [-0.15, -0.1) is 0 Å². The van der Waals surface area contributed by atoms with Crippen LogP contribution in [-0.4, -0.2) is 17.9 Å². The molecule has 0 heterocycles. The van der Waals surface area contributed by atoms with Gasteiger partial charge in [0.25, 0.3) is 0 Å². The molecule has 0 N–H and O–H groups in total. The Morgan fingerprint density at radius 3 is 2.47 bits per heavy atom. The molecule has 3 heteroatoms. The Bertz CT molecular complexity index is 433. The molecule has 1 rings (SSSR count). The number of ketones is 1. The number of carbonyl (C=O) groups excluding carboxylic acids is 2. The lowest BCUT2D eigenvalue weighted by atomic mass is 10.0. The third kappa shape index (κ3) is 4.02. The first-order valence-corrected chi connectivity index (χ1v) is 5.70. The Morgan fingerprint density at radius 2 is 1.88 bits per heavy atom. The minimum atomic E-state index is -0.467. The number of hydrogen-bond acceptors (Lipinski definition) is 3. The van der Waals surface area contributed by atoms with Gasteiger partial charge in [0.05, 0.1) is 6.10 Å². The number of Topliss-reactive ketones (excluding diaryl/α,β-unsaturated/α-hetero) is 1. The smallest absolute Gasteiger partial charge is 0.313 e. The largest absolute Gasteiger partial charge is 0.463 e. The van der Waals surface area contributed by atoms with Crippen LogP contribution in [-0.2, 0) is 9.53 Å². The molecule has 0 atom stereocenters. The zero-order valence-electron chi connectivity index (χ0n) is 10.7. The van der Waals surface area contributed by atoms with Gasteiger partial charge in [-0.3, -0.25) is 9.59 Å². The van der Waals surface area contributed by atoms with Crippen molar-refractivity contribution in [2.75, 3.05) is 0 Å². The van der Waals surface area contributed by atoms with Crippen molar-refractivity contribution in [3.63, 3.8) is 0 Å². The van der Waals surface area contributed by atoms with Gasteiger partial charge in [0.2, 0.25) is 0 Å². The summed E-state index contributed by atoms with van der Waals surface area (Å²) in [6, 6.07) is 5.63. The van der Waals surface area contributed by atoms with E-state index in [4.69, 9.17) is 4.74 Å². The van der Waals surface area contributed by atoms with Crippen LogP contribution in [0.15, 0.2) is 18.2 Å². The molecule has 0 spiro atoms. The molecule has 0 amide bonds. The molecule has 0 saturated carbocycles. The van der Waals surface area contributed by atoms with E-state index in [2.05, 4.69) is 0 Å². The molecule has 0 radical (unpaired) electrons. The van der Waals surface area contributed by atoms with Crippen LogP contribution >= 0.6 is 0 Å². The summed E-state index contributed by atoms with van der Waals surface area (Å²) in [7, 11) is 0. The number of benzene rings is 1. The Balaban J connectivity index is 2.76. The highest BCUT2D eigenvalue weighted by molar-refractivity contribution is 6.06. The van der Waals surface area contributed by atoms with E-state index in [0.717, 1.165) is 11.1 Å². The average molecular weight is 234 g/mol. The van der Waals surface area contributed by atoms with Gasteiger partial charge in [-0.25, -0.2) is 0 Å². The summed E-state index contributed by atoms with van der Waals surface area (Å²) >= 11 is 0. The molecular weight excluding hydrogens is 216 g/mol. The minimum Gasteiger partial charge on any atom is -0.463 e. The van der Waals surface area contributed by atoms with Crippen molar-refractivity contribution in [2.24, 2.45) is 0 Å². The molecular formula is C14H18O3. The lowest BCUT2D eigenvalue weighted by Crippen LogP contribution is -2.16. The van der Waals surface area contributed by atoms with Crippen molar-refractivity contribution in [3.8, 4) is 0 Å². The molecule has 0 fully saturated rings. The first kappa shape index (κ1) is 13.4. The highest BCUT2D eigenvalue weighted by Gasteiger charge is 2.15. The maximum Gasteiger partial charge on any atom is 0.313 e. The summed E-state index contributed by atoms with van der Waals surface area (Å²) in [6.07, 6.45) is -0.378. The standard InChI is InChI=1S/C14H18O3/c1-9(2)17-14(16)8-13(15)12-7-10(3)5-6-11(12)4/h5-7,9H,8H2,1-4H3. The van der Waals surface area contributed by atoms with E-state index < -0.39 is 5.97 Å². The zero-order chi connectivity index (χ0) is 13.0. The van der Waals surface area contributed by atoms with Crippen molar-refractivity contribution in [3.05, 3.63) is 34.9 Å². The fraction of sp³-hybridized carbons (Fsp3) is 0.429. The molecule has 17 heavy (non-hydrogen) atoms. The van der Waals surface area contributed by atoms with Gasteiger partial charge >= 0.3 is 5.97 Å². The SMILES string of the molecule is Cc1ccc(C)c(C(=O)CC(=O)OC(C)C)c1. The normalized spacial score (nSPS) is 10.4. The Kier molecular flexibility index (Phi) is 4.44. The van der Waals surface area contributed by atoms with E-state index in [1.54, 1.807) is 19.9 Å². The first-order chi connectivity index (χ1) is 7.90. The lowest BCUT2D eigenvalue weighted by Gasteiger charge is -2.08. The van der Waals surface area contributed by atoms with Crippen LogP contribution in [0.3, 0.4) is 0 Å². The summed E-state index contributed by atoms with van der Waals surface area (Å²) in [5.74, 6) is -0.650. The topological polar surface area (TPSA) is 43.4 Å². The van der Waals surface area contributed by atoms with Gasteiger partial charge < -0.3 is 4.74 Å². The van der Waals surface area contributed by atoms with Gasteiger partial charge in [0, 0.05) is 5.56 Å². The molecule has 1 aromatic rings. The molecule has 0 saturated heterocycles. The van der Waals surface area contributed by atoms with Crippen molar-refractivity contribution < 1.29 is 14.3 Å². The van der Waals surface area contributed by atoms with Gasteiger partial charge in [0.1, 0.15) is 6.42 Å². The highest BCUT2D eigenvalue weighted by atomic mass is 16.5. The predicted octanol–water partition coefficient (Wildman–Crippen LogP) is 2.83. The van der Waals surface area contributed by atoms with E-state index in [1.165, 1.54) is 0 Å². The third-order valence-electron chi connectivity index (χ3n) is 2.37. The van der Waals surface area contributed by atoms with Crippen LogP contribution in [0.5, 0.6) is 0 Å². The molecule has 0 bridgehead atoms. The fourth-order valence-electron chi connectivity index (χ4n) is 1.57. The van der Waals surface area contributed by atoms with Gasteiger partial charge in [0.15, 0.2) is 5.78 Å². The van der Waals surface area contributed by atoms with E-state index >= 15 is 0 Å². The maximum absolute atomic E-state index is 11.9. The van der Waals surface area contributed by atoms with Crippen molar-refractivity contribution in [1.82, 2.24) is 0 Å².